The van der Waals surface area contributed by atoms with E-state index in [1.165, 1.54) is 0 Å². The van der Waals surface area contributed by atoms with Crippen LogP contribution in [-0.2, 0) is 17.8 Å². The van der Waals surface area contributed by atoms with Gasteiger partial charge in [-0.1, -0.05) is 12.1 Å². The van der Waals surface area contributed by atoms with Gasteiger partial charge in [0.2, 0.25) is 5.89 Å². The van der Waals surface area contributed by atoms with Gasteiger partial charge in [0.25, 0.3) is 0 Å². The third-order valence-corrected chi connectivity index (χ3v) is 3.23. The number of aromatic nitrogens is 2. The van der Waals surface area contributed by atoms with E-state index >= 15 is 0 Å². The van der Waals surface area contributed by atoms with E-state index in [1.807, 2.05) is 11.8 Å². The molecule has 1 N–H and O–H groups in total. The molecule has 1 aromatic heterocycles. The zero-order valence-corrected chi connectivity index (χ0v) is 11.2. The molecule has 0 atom stereocenters. The molecular formula is C12H20N4O3. The van der Waals surface area contributed by atoms with E-state index in [-0.39, 0.29) is 6.54 Å². The topological polar surface area (TPSA) is 82.7 Å². The Morgan fingerprint density at radius 3 is 2.74 bits per heavy atom. The molecule has 1 fully saturated rings. The largest absolute Gasteiger partial charge is 0.480 e. The van der Waals surface area contributed by atoms with Gasteiger partial charge < -0.3 is 9.63 Å². The van der Waals surface area contributed by atoms with Crippen molar-refractivity contribution in [1.29, 1.82) is 0 Å². The second-order valence-corrected chi connectivity index (χ2v) is 4.76. The Hall–Kier alpha value is -1.47. The quantitative estimate of drug-likeness (QED) is 0.818. The number of hydrogen-bond acceptors (Lipinski definition) is 6. The molecule has 0 spiro atoms. The first-order valence-corrected chi connectivity index (χ1v) is 6.65. The van der Waals surface area contributed by atoms with E-state index in [2.05, 4.69) is 15.0 Å². The number of nitrogens with zero attached hydrogens (tertiary/aromatic N) is 4. The average Bonchev–Trinajstić information content (AvgIpc) is 2.71. The molecule has 2 rings (SSSR count). The summed E-state index contributed by atoms with van der Waals surface area (Å²) in [6, 6.07) is 0. The van der Waals surface area contributed by atoms with Crippen LogP contribution in [0.2, 0.25) is 0 Å². The molecule has 1 aromatic rings. The fourth-order valence-electron chi connectivity index (χ4n) is 2.22. The van der Waals surface area contributed by atoms with Crippen LogP contribution in [0.15, 0.2) is 4.52 Å². The number of carboxylic acids is 1. The highest BCUT2D eigenvalue weighted by molar-refractivity contribution is 5.69. The van der Waals surface area contributed by atoms with Crippen molar-refractivity contribution in [2.75, 3.05) is 32.7 Å². The van der Waals surface area contributed by atoms with E-state index in [0.717, 1.165) is 44.8 Å². The fraction of sp³-hybridized carbons (Fsp3) is 0.750. The predicted molar refractivity (Wildman–Crippen MR) is 67.6 cm³/mol. The maximum atomic E-state index is 10.7. The molecule has 0 unspecified atom stereocenters. The second-order valence-electron chi connectivity index (χ2n) is 4.76. The minimum absolute atomic E-state index is 0.119. The zero-order chi connectivity index (χ0) is 13.7. The van der Waals surface area contributed by atoms with Crippen LogP contribution in [0.1, 0.15) is 25.1 Å². The Labute approximate surface area is 112 Å². The summed E-state index contributed by atoms with van der Waals surface area (Å²) < 4.78 is 5.18. The summed E-state index contributed by atoms with van der Waals surface area (Å²) in [4.78, 5) is 19.2. The average molecular weight is 268 g/mol. The van der Waals surface area contributed by atoms with Gasteiger partial charge in [-0.3, -0.25) is 14.6 Å². The van der Waals surface area contributed by atoms with Gasteiger partial charge in [0.1, 0.15) is 0 Å². The molecule has 0 bridgehead atoms. The molecule has 106 valence electrons. The Balaban J connectivity index is 1.83. The second kappa shape index (κ2) is 6.63. The molecule has 7 heteroatoms. The van der Waals surface area contributed by atoms with Crippen LogP contribution in [-0.4, -0.2) is 63.7 Å². The number of aliphatic carboxylic acids is 1. The molecule has 0 saturated carbocycles. The lowest BCUT2D eigenvalue weighted by atomic mass is 10.4. The van der Waals surface area contributed by atoms with Crippen molar-refractivity contribution in [2.24, 2.45) is 0 Å². The van der Waals surface area contributed by atoms with Crippen LogP contribution in [0.25, 0.3) is 0 Å². The highest BCUT2D eigenvalue weighted by Gasteiger charge is 2.18. The molecular weight excluding hydrogens is 248 g/mol. The van der Waals surface area contributed by atoms with Crippen molar-refractivity contribution in [3.63, 3.8) is 0 Å². The molecule has 1 aliphatic rings. The Kier molecular flexibility index (Phi) is 4.86. The van der Waals surface area contributed by atoms with Gasteiger partial charge in [-0.25, -0.2) is 0 Å². The van der Waals surface area contributed by atoms with Crippen molar-refractivity contribution in [3.8, 4) is 0 Å². The summed E-state index contributed by atoms with van der Waals surface area (Å²) in [5.41, 5.74) is 0. The summed E-state index contributed by atoms with van der Waals surface area (Å²) in [6.07, 6.45) is 1.73. The summed E-state index contributed by atoms with van der Waals surface area (Å²) in [6.45, 7) is 6.11. The summed E-state index contributed by atoms with van der Waals surface area (Å²) in [5.74, 6) is 0.610. The normalized spacial score (nSPS) is 18.4. The minimum atomic E-state index is -0.766. The SMILES string of the molecule is CCc1noc(CN2CCCN(CC(=O)O)CC2)n1. The van der Waals surface area contributed by atoms with Gasteiger partial charge in [-0.05, 0) is 13.0 Å². The van der Waals surface area contributed by atoms with E-state index in [1.54, 1.807) is 0 Å². The molecule has 7 nitrogen and oxygen atoms in total. The van der Waals surface area contributed by atoms with Crippen molar-refractivity contribution in [2.45, 2.75) is 26.3 Å². The number of rotatable bonds is 5. The van der Waals surface area contributed by atoms with Crippen LogP contribution in [0.3, 0.4) is 0 Å². The monoisotopic (exact) mass is 268 g/mol. The number of carbonyl (C=O) groups is 1. The highest BCUT2D eigenvalue weighted by atomic mass is 16.5. The van der Waals surface area contributed by atoms with Crippen LogP contribution in [0.4, 0.5) is 0 Å². The van der Waals surface area contributed by atoms with Crippen molar-refractivity contribution in [1.82, 2.24) is 19.9 Å². The number of aryl methyl sites for hydroxylation is 1. The van der Waals surface area contributed by atoms with Crippen LogP contribution in [0, 0.1) is 0 Å². The molecule has 19 heavy (non-hydrogen) atoms. The molecule has 1 saturated heterocycles. The van der Waals surface area contributed by atoms with Gasteiger partial charge in [0.05, 0.1) is 13.1 Å². The maximum absolute atomic E-state index is 10.7. The van der Waals surface area contributed by atoms with Gasteiger partial charge >= 0.3 is 5.97 Å². The molecule has 0 aliphatic carbocycles. The molecule has 0 aromatic carbocycles. The third kappa shape index (κ3) is 4.29. The summed E-state index contributed by atoms with van der Waals surface area (Å²) in [5, 5.41) is 12.7. The number of carboxylic acid groups (broad SMARTS) is 1. The molecule has 0 amide bonds. The van der Waals surface area contributed by atoms with Crippen LogP contribution < -0.4 is 0 Å². The van der Waals surface area contributed by atoms with E-state index in [4.69, 9.17) is 9.63 Å². The predicted octanol–water partition coefficient (Wildman–Crippen LogP) is 0.224. The number of hydrogen-bond donors (Lipinski definition) is 1. The van der Waals surface area contributed by atoms with Gasteiger partial charge in [-0.2, -0.15) is 4.98 Å². The standard InChI is InChI=1S/C12H20N4O3/c1-2-10-13-11(19-14-10)8-15-4-3-5-16(7-6-15)9-12(17)18/h2-9H2,1H3,(H,17,18). The van der Waals surface area contributed by atoms with Gasteiger partial charge in [-0.15, -0.1) is 0 Å². The maximum Gasteiger partial charge on any atom is 0.317 e. The smallest absolute Gasteiger partial charge is 0.317 e. The third-order valence-electron chi connectivity index (χ3n) is 3.23. The first-order chi connectivity index (χ1) is 9.17. The Morgan fingerprint density at radius 2 is 2.05 bits per heavy atom. The van der Waals surface area contributed by atoms with Gasteiger partial charge in [0.15, 0.2) is 5.82 Å². The Bertz CT molecular complexity index is 421. The lowest BCUT2D eigenvalue weighted by Crippen LogP contribution is -2.34. The highest BCUT2D eigenvalue weighted by Crippen LogP contribution is 2.08. The molecule has 1 aliphatic heterocycles. The Morgan fingerprint density at radius 1 is 1.32 bits per heavy atom. The zero-order valence-electron chi connectivity index (χ0n) is 11.2. The van der Waals surface area contributed by atoms with Crippen molar-refractivity contribution < 1.29 is 14.4 Å². The van der Waals surface area contributed by atoms with Crippen LogP contribution >= 0.6 is 0 Å². The minimum Gasteiger partial charge on any atom is -0.480 e. The van der Waals surface area contributed by atoms with E-state index < -0.39 is 5.97 Å². The first kappa shape index (κ1) is 14.0. The van der Waals surface area contributed by atoms with Crippen molar-refractivity contribution in [3.05, 3.63) is 11.7 Å². The lowest BCUT2D eigenvalue weighted by molar-refractivity contribution is -0.138. The molecule has 2 heterocycles. The molecule has 0 radical (unpaired) electrons. The van der Waals surface area contributed by atoms with Crippen molar-refractivity contribution >= 4 is 5.97 Å². The van der Waals surface area contributed by atoms with E-state index in [9.17, 15) is 4.79 Å². The van der Waals surface area contributed by atoms with Gasteiger partial charge in [0, 0.05) is 26.1 Å². The summed E-state index contributed by atoms with van der Waals surface area (Å²) >= 11 is 0. The first-order valence-electron chi connectivity index (χ1n) is 6.65. The fourth-order valence-corrected chi connectivity index (χ4v) is 2.22. The lowest BCUT2D eigenvalue weighted by Gasteiger charge is -2.18. The summed E-state index contributed by atoms with van der Waals surface area (Å²) in [7, 11) is 0. The van der Waals surface area contributed by atoms with E-state index in [0.29, 0.717) is 12.4 Å². The van der Waals surface area contributed by atoms with Crippen LogP contribution in [0.5, 0.6) is 0 Å².